The molecule has 0 aliphatic rings. The minimum Gasteiger partial charge on any atom is -0.482 e. The van der Waals surface area contributed by atoms with Crippen molar-refractivity contribution in [1.82, 2.24) is 4.90 Å². The van der Waals surface area contributed by atoms with Gasteiger partial charge in [0.15, 0.2) is 6.61 Å². The van der Waals surface area contributed by atoms with Crippen LogP contribution >= 0.6 is 12.4 Å². The summed E-state index contributed by atoms with van der Waals surface area (Å²) in [7, 11) is 2.02. The molecular formula is C20H26ClNO3. The number of carbonyl (C=O) groups is 1. The molecule has 0 heterocycles. The summed E-state index contributed by atoms with van der Waals surface area (Å²) in [5.41, 5.74) is 0.984. The molecule has 136 valence electrons. The molecule has 0 fully saturated rings. The Morgan fingerprint density at radius 3 is 2.12 bits per heavy atom. The number of halogens is 1. The van der Waals surface area contributed by atoms with E-state index in [1.165, 1.54) is 0 Å². The Morgan fingerprint density at radius 1 is 1.00 bits per heavy atom. The van der Waals surface area contributed by atoms with Gasteiger partial charge in [-0.1, -0.05) is 48.5 Å². The van der Waals surface area contributed by atoms with Gasteiger partial charge in [0, 0.05) is 12.6 Å². The van der Waals surface area contributed by atoms with Gasteiger partial charge in [-0.3, -0.25) is 4.90 Å². The minimum absolute atomic E-state index is 0. The molecule has 1 atom stereocenters. The second-order valence-corrected chi connectivity index (χ2v) is 6.02. The number of hydrogen-bond donors (Lipinski definition) is 0. The highest BCUT2D eigenvalue weighted by atomic mass is 35.5. The minimum atomic E-state index is -0.370. The zero-order valence-corrected chi connectivity index (χ0v) is 15.7. The van der Waals surface area contributed by atoms with Crippen LogP contribution in [-0.4, -0.2) is 37.1 Å². The Balaban J connectivity index is 0.00000312. The highest BCUT2D eigenvalue weighted by Crippen LogP contribution is 2.19. The molecule has 0 aliphatic heterocycles. The molecule has 0 radical (unpaired) electrons. The standard InChI is InChI=1S/C20H25NO3.ClH/c1-16(2)21(3)14-19(17-10-6-4-7-11-17)24-20(22)15-23-18-12-8-5-9-13-18;/h4-13,16,19H,14-15H2,1-3H3;1H. The molecule has 0 aliphatic carbocycles. The first-order chi connectivity index (χ1) is 11.6. The first-order valence-corrected chi connectivity index (χ1v) is 8.18. The van der Waals surface area contributed by atoms with E-state index in [2.05, 4.69) is 18.7 Å². The Hall–Kier alpha value is -2.04. The summed E-state index contributed by atoms with van der Waals surface area (Å²) in [4.78, 5) is 14.3. The molecule has 0 saturated heterocycles. The van der Waals surface area contributed by atoms with Crippen molar-refractivity contribution in [3.05, 3.63) is 66.2 Å². The van der Waals surface area contributed by atoms with Crippen LogP contribution in [0.25, 0.3) is 0 Å². The highest BCUT2D eigenvalue weighted by Gasteiger charge is 2.20. The van der Waals surface area contributed by atoms with E-state index >= 15 is 0 Å². The van der Waals surface area contributed by atoms with Crippen molar-refractivity contribution < 1.29 is 14.3 Å². The van der Waals surface area contributed by atoms with Crippen molar-refractivity contribution >= 4 is 18.4 Å². The average molecular weight is 364 g/mol. The molecular weight excluding hydrogens is 338 g/mol. The Labute approximate surface area is 156 Å². The van der Waals surface area contributed by atoms with E-state index in [1.54, 1.807) is 0 Å². The van der Waals surface area contributed by atoms with Crippen molar-refractivity contribution in [1.29, 1.82) is 0 Å². The van der Waals surface area contributed by atoms with Crippen molar-refractivity contribution in [2.75, 3.05) is 20.2 Å². The molecule has 0 saturated carbocycles. The largest absolute Gasteiger partial charge is 0.482 e. The molecule has 5 heteroatoms. The summed E-state index contributed by atoms with van der Waals surface area (Å²) in [6, 6.07) is 19.4. The molecule has 0 N–H and O–H groups in total. The Bertz CT molecular complexity index is 619. The SMILES string of the molecule is CC(C)N(C)CC(OC(=O)COc1ccccc1)c1ccccc1.Cl. The Morgan fingerprint density at radius 2 is 1.56 bits per heavy atom. The van der Waals surface area contributed by atoms with E-state index in [4.69, 9.17) is 9.47 Å². The lowest BCUT2D eigenvalue weighted by molar-refractivity contribution is -0.153. The van der Waals surface area contributed by atoms with E-state index in [1.807, 2.05) is 67.7 Å². The van der Waals surface area contributed by atoms with Crippen LogP contribution in [0.2, 0.25) is 0 Å². The lowest BCUT2D eigenvalue weighted by Crippen LogP contribution is -2.33. The molecule has 4 nitrogen and oxygen atoms in total. The third-order valence-corrected chi connectivity index (χ3v) is 3.88. The first-order valence-electron chi connectivity index (χ1n) is 8.18. The maximum Gasteiger partial charge on any atom is 0.344 e. The normalized spacial score (nSPS) is 11.7. The molecule has 0 spiro atoms. The van der Waals surface area contributed by atoms with Gasteiger partial charge >= 0.3 is 5.97 Å². The number of hydrogen-bond acceptors (Lipinski definition) is 4. The van der Waals surface area contributed by atoms with Gasteiger partial charge in [0.05, 0.1) is 0 Å². The smallest absolute Gasteiger partial charge is 0.344 e. The molecule has 1 unspecified atom stereocenters. The van der Waals surface area contributed by atoms with Crippen molar-refractivity contribution in [2.45, 2.75) is 26.0 Å². The fraction of sp³-hybridized carbons (Fsp3) is 0.350. The quantitative estimate of drug-likeness (QED) is 0.661. The number of rotatable bonds is 8. The van der Waals surface area contributed by atoms with Crippen molar-refractivity contribution in [3.63, 3.8) is 0 Å². The monoisotopic (exact) mass is 363 g/mol. The second-order valence-electron chi connectivity index (χ2n) is 6.02. The van der Waals surface area contributed by atoms with Crippen LogP contribution in [-0.2, 0) is 9.53 Å². The van der Waals surface area contributed by atoms with E-state index < -0.39 is 0 Å². The molecule has 2 rings (SSSR count). The molecule has 0 aromatic heterocycles. The maximum atomic E-state index is 12.2. The topological polar surface area (TPSA) is 38.8 Å². The summed E-state index contributed by atoms with van der Waals surface area (Å²) in [5.74, 6) is 0.287. The number of carbonyl (C=O) groups excluding carboxylic acids is 1. The lowest BCUT2D eigenvalue weighted by atomic mass is 10.1. The third-order valence-electron chi connectivity index (χ3n) is 3.88. The molecule has 0 bridgehead atoms. The second kappa shape index (κ2) is 10.7. The van der Waals surface area contributed by atoms with Gasteiger partial charge in [-0.2, -0.15) is 0 Å². The molecule has 25 heavy (non-hydrogen) atoms. The lowest BCUT2D eigenvalue weighted by Gasteiger charge is -2.27. The summed E-state index contributed by atoms with van der Waals surface area (Å²) in [6.07, 6.45) is -0.314. The fourth-order valence-electron chi connectivity index (χ4n) is 2.20. The maximum absolute atomic E-state index is 12.2. The van der Waals surface area contributed by atoms with Gasteiger partial charge in [0.25, 0.3) is 0 Å². The van der Waals surface area contributed by atoms with Crippen LogP contribution in [0.4, 0.5) is 0 Å². The number of esters is 1. The van der Waals surface area contributed by atoms with Crippen LogP contribution in [0, 0.1) is 0 Å². The van der Waals surface area contributed by atoms with Gasteiger partial charge in [-0.05, 0) is 38.6 Å². The van der Waals surface area contributed by atoms with Gasteiger partial charge in [-0.25, -0.2) is 4.79 Å². The van der Waals surface area contributed by atoms with Crippen LogP contribution in [0.1, 0.15) is 25.5 Å². The molecule has 2 aromatic rings. The van der Waals surface area contributed by atoms with Crippen LogP contribution in [0.15, 0.2) is 60.7 Å². The van der Waals surface area contributed by atoms with Crippen molar-refractivity contribution in [2.24, 2.45) is 0 Å². The fourth-order valence-corrected chi connectivity index (χ4v) is 2.20. The molecule has 2 aromatic carbocycles. The van der Waals surface area contributed by atoms with Crippen LogP contribution < -0.4 is 4.74 Å². The van der Waals surface area contributed by atoms with E-state index in [0.29, 0.717) is 18.3 Å². The van der Waals surface area contributed by atoms with E-state index in [-0.39, 0.29) is 31.1 Å². The number of nitrogens with zero attached hydrogens (tertiary/aromatic N) is 1. The number of likely N-dealkylation sites (N-methyl/N-ethyl adjacent to an activating group) is 1. The van der Waals surface area contributed by atoms with Crippen LogP contribution in [0.3, 0.4) is 0 Å². The first kappa shape index (κ1) is 21.0. The zero-order chi connectivity index (χ0) is 17.4. The van der Waals surface area contributed by atoms with Gasteiger partial charge in [-0.15, -0.1) is 12.4 Å². The average Bonchev–Trinajstić information content (AvgIpc) is 2.61. The predicted molar refractivity (Wildman–Crippen MR) is 102 cm³/mol. The Kier molecular flexibility index (Phi) is 9.03. The number of benzene rings is 2. The number of ether oxygens (including phenoxy) is 2. The van der Waals surface area contributed by atoms with Crippen LogP contribution in [0.5, 0.6) is 5.75 Å². The van der Waals surface area contributed by atoms with E-state index in [9.17, 15) is 4.79 Å². The van der Waals surface area contributed by atoms with Crippen molar-refractivity contribution in [3.8, 4) is 5.75 Å². The van der Waals surface area contributed by atoms with E-state index in [0.717, 1.165) is 5.56 Å². The summed E-state index contributed by atoms with van der Waals surface area (Å²) in [6.45, 7) is 4.77. The summed E-state index contributed by atoms with van der Waals surface area (Å²) >= 11 is 0. The predicted octanol–water partition coefficient (Wildman–Crippen LogP) is 4.11. The van der Waals surface area contributed by atoms with Gasteiger partial charge in [0.1, 0.15) is 11.9 Å². The summed E-state index contributed by atoms with van der Waals surface area (Å²) < 4.78 is 11.1. The molecule has 0 amide bonds. The highest BCUT2D eigenvalue weighted by molar-refractivity contribution is 5.85. The van der Waals surface area contributed by atoms with Gasteiger partial charge < -0.3 is 9.47 Å². The third kappa shape index (κ3) is 7.16. The van der Waals surface area contributed by atoms with Gasteiger partial charge in [0.2, 0.25) is 0 Å². The summed E-state index contributed by atoms with van der Waals surface area (Å²) in [5, 5.41) is 0. The number of para-hydroxylation sites is 1. The zero-order valence-electron chi connectivity index (χ0n) is 14.9.